The Kier molecular flexibility index (Phi) is 3.76. The lowest BCUT2D eigenvalue weighted by Crippen LogP contribution is -2.34. The maximum absolute atomic E-state index is 12.9. The topological polar surface area (TPSA) is 85.3 Å². The normalized spacial score (nSPS) is 21.3. The Morgan fingerprint density at radius 1 is 1.04 bits per heavy atom. The van der Waals surface area contributed by atoms with Crippen LogP contribution in [0.5, 0.6) is 5.75 Å². The molecule has 0 saturated carbocycles. The summed E-state index contributed by atoms with van der Waals surface area (Å²) in [5, 5.41) is 3.73. The largest absolute Gasteiger partial charge is 0.497 e. The first kappa shape index (κ1) is 16.0. The number of ether oxygens (including phenoxy) is 1. The summed E-state index contributed by atoms with van der Waals surface area (Å²) in [4.78, 5) is 44.3. The third-order valence-electron chi connectivity index (χ3n) is 4.41. The molecule has 2 aliphatic rings. The van der Waals surface area contributed by atoms with E-state index in [9.17, 15) is 14.4 Å². The van der Waals surface area contributed by atoms with Crippen LogP contribution in [0.3, 0.4) is 0 Å². The number of anilines is 1. The number of amides is 2. The molecule has 130 valence electrons. The number of ketones is 1. The van der Waals surface area contributed by atoms with Crippen molar-refractivity contribution in [2.24, 2.45) is 11.1 Å². The van der Waals surface area contributed by atoms with Crippen LogP contribution in [0.25, 0.3) is 0 Å². The molecule has 0 radical (unpaired) electrons. The van der Waals surface area contributed by atoms with Gasteiger partial charge in [-0.1, -0.05) is 35.5 Å². The van der Waals surface area contributed by atoms with Gasteiger partial charge in [0.05, 0.1) is 12.8 Å². The number of carbonyl (C=O) groups is 3. The van der Waals surface area contributed by atoms with E-state index < -0.39 is 29.6 Å². The first-order valence-corrected chi connectivity index (χ1v) is 7.97. The molecular formula is C19H14N2O5. The molecule has 1 fully saturated rings. The molecule has 0 aliphatic carbocycles. The average molecular weight is 350 g/mol. The molecule has 2 aromatic carbocycles. The minimum absolute atomic E-state index is 0.0458. The SMILES string of the molecule is COc1ccc(N2C(=O)[C@H]3C(C(=O)c4ccccc4)=NO[C@H]3C2=O)cc1. The molecule has 0 spiro atoms. The van der Waals surface area contributed by atoms with Gasteiger partial charge in [0, 0.05) is 5.56 Å². The zero-order valence-corrected chi connectivity index (χ0v) is 13.8. The number of imide groups is 1. The number of Topliss-reactive ketones (excluding diaryl/α,β-unsaturated/α-hetero) is 1. The number of oxime groups is 1. The molecule has 0 unspecified atom stereocenters. The van der Waals surface area contributed by atoms with Crippen LogP contribution in [0, 0.1) is 5.92 Å². The van der Waals surface area contributed by atoms with Crippen LogP contribution in [-0.4, -0.2) is 36.5 Å². The van der Waals surface area contributed by atoms with Gasteiger partial charge in [-0.15, -0.1) is 0 Å². The predicted molar refractivity (Wildman–Crippen MR) is 92.1 cm³/mol. The summed E-state index contributed by atoms with van der Waals surface area (Å²) >= 11 is 0. The summed E-state index contributed by atoms with van der Waals surface area (Å²) in [6.07, 6.45) is -1.10. The van der Waals surface area contributed by atoms with Gasteiger partial charge in [0.1, 0.15) is 17.4 Å². The van der Waals surface area contributed by atoms with Crippen LogP contribution in [0.4, 0.5) is 5.69 Å². The van der Waals surface area contributed by atoms with Crippen molar-refractivity contribution < 1.29 is 24.0 Å². The van der Waals surface area contributed by atoms with Gasteiger partial charge in [-0.25, -0.2) is 4.90 Å². The molecule has 2 aromatic rings. The third-order valence-corrected chi connectivity index (χ3v) is 4.41. The number of methoxy groups -OCH3 is 1. The molecule has 1 saturated heterocycles. The summed E-state index contributed by atoms with van der Waals surface area (Å²) in [5.74, 6) is -1.91. The van der Waals surface area contributed by atoms with E-state index in [2.05, 4.69) is 5.16 Å². The van der Waals surface area contributed by atoms with Crippen LogP contribution in [0.15, 0.2) is 59.8 Å². The van der Waals surface area contributed by atoms with E-state index in [1.54, 1.807) is 54.6 Å². The highest BCUT2D eigenvalue weighted by molar-refractivity contribution is 6.52. The van der Waals surface area contributed by atoms with Crippen molar-refractivity contribution in [3.05, 3.63) is 60.2 Å². The van der Waals surface area contributed by atoms with Gasteiger partial charge in [-0.05, 0) is 24.3 Å². The second-order valence-electron chi connectivity index (χ2n) is 5.89. The van der Waals surface area contributed by atoms with Gasteiger partial charge in [-0.2, -0.15) is 0 Å². The van der Waals surface area contributed by atoms with Crippen LogP contribution in [-0.2, 0) is 14.4 Å². The Balaban J connectivity index is 1.64. The fourth-order valence-electron chi connectivity index (χ4n) is 3.09. The highest BCUT2D eigenvalue weighted by Gasteiger charge is 2.57. The van der Waals surface area contributed by atoms with Gasteiger partial charge in [-0.3, -0.25) is 14.4 Å². The Labute approximate surface area is 148 Å². The lowest BCUT2D eigenvalue weighted by atomic mass is 9.93. The van der Waals surface area contributed by atoms with E-state index in [0.29, 0.717) is 17.0 Å². The molecule has 2 aliphatic heterocycles. The Morgan fingerprint density at radius 2 is 1.73 bits per heavy atom. The molecule has 2 amide bonds. The first-order chi connectivity index (χ1) is 12.6. The summed E-state index contributed by atoms with van der Waals surface area (Å²) in [7, 11) is 1.53. The van der Waals surface area contributed by atoms with Gasteiger partial charge >= 0.3 is 0 Å². The fraction of sp³-hybridized carbons (Fsp3) is 0.158. The van der Waals surface area contributed by atoms with Crippen LogP contribution in [0.2, 0.25) is 0 Å². The van der Waals surface area contributed by atoms with Crippen LogP contribution >= 0.6 is 0 Å². The number of hydrogen-bond donors (Lipinski definition) is 0. The fourth-order valence-corrected chi connectivity index (χ4v) is 3.09. The van der Waals surface area contributed by atoms with Gasteiger partial charge < -0.3 is 9.57 Å². The first-order valence-electron chi connectivity index (χ1n) is 7.97. The van der Waals surface area contributed by atoms with Crippen molar-refractivity contribution in [2.45, 2.75) is 6.10 Å². The van der Waals surface area contributed by atoms with Crippen molar-refractivity contribution >= 4 is 29.0 Å². The van der Waals surface area contributed by atoms with Crippen LogP contribution in [0.1, 0.15) is 10.4 Å². The Hall–Kier alpha value is -3.48. The van der Waals surface area contributed by atoms with E-state index >= 15 is 0 Å². The minimum Gasteiger partial charge on any atom is -0.497 e. The number of rotatable bonds is 4. The maximum Gasteiger partial charge on any atom is 0.278 e. The van der Waals surface area contributed by atoms with E-state index in [1.165, 1.54) is 7.11 Å². The lowest BCUT2D eigenvalue weighted by Gasteiger charge is -2.15. The molecule has 0 aromatic heterocycles. The summed E-state index contributed by atoms with van der Waals surface area (Å²) in [5.41, 5.74) is 0.736. The molecule has 7 nitrogen and oxygen atoms in total. The second-order valence-corrected chi connectivity index (χ2v) is 5.89. The van der Waals surface area contributed by atoms with E-state index in [4.69, 9.17) is 9.57 Å². The van der Waals surface area contributed by atoms with E-state index in [-0.39, 0.29) is 5.71 Å². The number of nitrogens with zero attached hydrogens (tertiary/aromatic N) is 2. The average Bonchev–Trinajstić information content (AvgIpc) is 3.22. The molecule has 26 heavy (non-hydrogen) atoms. The van der Waals surface area contributed by atoms with E-state index in [1.807, 2.05) is 0 Å². The van der Waals surface area contributed by atoms with Crippen LogP contribution < -0.4 is 9.64 Å². The van der Waals surface area contributed by atoms with Gasteiger partial charge in [0.15, 0.2) is 0 Å². The maximum atomic E-state index is 12.9. The second kappa shape index (κ2) is 6.11. The summed E-state index contributed by atoms with van der Waals surface area (Å²) < 4.78 is 5.08. The molecule has 0 N–H and O–H groups in total. The Morgan fingerprint density at radius 3 is 2.38 bits per heavy atom. The Bertz CT molecular complexity index is 921. The minimum atomic E-state index is -1.10. The number of carbonyl (C=O) groups excluding carboxylic acids is 3. The molecule has 2 heterocycles. The van der Waals surface area contributed by atoms with Crippen molar-refractivity contribution in [1.29, 1.82) is 0 Å². The van der Waals surface area contributed by atoms with Crippen molar-refractivity contribution in [1.82, 2.24) is 0 Å². The molecular weight excluding hydrogens is 336 g/mol. The monoisotopic (exact) mass is 350 g/mol. The predicted octanol–water partition coefficient (Wildman–Crippen LogP) is 1.82. The molecule has 7 heteroatoms. The smallest absolute Gasteiger partial charge is 0.278 e. The summed E-state index contributed by atoms with van der Waals surface area (Å²) in [6, 6.07) is 15.0. The number of benzene rings is 2. The highest BCUT2D eigenvalue weighted by Crippen LogP contribution is 2.34. The molecule has 0 bridgehead atoms. The van der Waals surface area contributed by atoms with Gasteiger partial charge in [0.25, 0.3) is 5.91 Å². The highest BCUT2D eigenvalue weighted by atomic mass is 16.7. The summed E-state index contributed by atoms with van der Waals surface area (Å²) in [6.45, 7) is 0. The quantitative estimate of drug-likeness (QED) is 0.620. The third kappa shape index (κ3) is 2.36. The molecule has 4 rings (SSSR count). The molecule has 2 atom stereocenters. The standard InChI is InChI=1S/C19H14N2O5/c1-25-13-9-7-12(8-10-13)21-18(23)14-15(20-26-17(14)19(21)24)16(22)11-5-3-2-4-6-11/h2-10,14,17H,1H3/t14-,17+/m0/s1. The van der Waals surface area contributed by atoms with Crippen molar-refractivity contribution in [2.75, 3.05) is 12.0 Å². The number of hydrogen-bond acceptors (Lipinski definition) is 6. The van der Waals surface area contributed by atoms with E-state index in [0.717, 1.165) is 4.90 Å². The zero-order chi connectivity index (χ0) is 18.3. The zero-order valence-electron chi connectivity index (χ0n) is 13.8. The lowest BCUT2D eigenvalue weighted by molar-refractivity contribution is -0.126. The van der Waals surface area contributed by atoms with Gasteiger partial charge in [0.2, 0.25) is 17.8 Å². The van der Waals surface area contributed by atoms with Crippen molar-refractivity contribution in [3.63, 3.8) is 0 Å². The number of fused-ring (bicyclic) bond motifs is 1. The van der Waals surface area contributed by atoms with Crippen molar-refractivity contribution in [3.8, 4) is 5.75 Å².